The van der Waals surface area contributed by atoms with Crippen LogP contribution in [-0.4, -0.2) is 70.9 Å². The Balaban J connectivity index is 1.28. The first-order valence-electron chi connectivity index (χ1n) is 10.0. The molecule has 0 radical (unpaired) electrons. The highest BCUT2D eigenvalue weighted by molar-refractivity contribution is 9.10. The zero-order valence-electron chi connectivity index (χ0n) is 16.9. The highest BCUT2D eigenvalue weighted by Crippen LogP contribution is 2.19. The fourth-order valence-electron chi connectivity index (χ4n) is 3.44. The van der Waals surface area contributed by atoms with E-state index in [-0.39, 0.29) is 0 Å². The first-order chi connectivity index (χ1) is 14.1. The molecule has 7 heteroatoms. The Morgan fingerprint density at radius 2 is 1.66 bits per heavy atom. The number of aliphatic hydroxyl groups is 1. The molecule has 1 aliphatic rings. The largest absolute Gasteiger partial charge is 0.497 e. The van der Waals surface area contributed by atoms with Crippen LogP contribution in [0.25, 0.3) is 0 Å². The van der Waals surface area contributed by atoms with Crippen LogP contribution in [0.5, 0.6) is 11.5 Å². The fourth-order valence-corrected chi connectivity index (χ4v) is 3.70. The lowest BCUT2D eigenvalue weighted by atomic mass is 10.2. The molecule has 1 atom stereocenters. The third-order valence-electron chi connectivity index (χ3n) is 5.05. The van der Waals surface area contributed by atoms with Gasteiger partial charge in [0, 0.05) is 10.2 Å². The zero-order valence-corrected chi connectivity index (χ0v) is 18.4. The van der Waals surface area contributed by atoms with Crippen LogP contribution < -0.4 is 19.3 Å². The Labute approximate surface area is 181 Å². The van der Waals surface area contributed by atoms with Crippen LogP contribution in [0.4, 0.5) is 5.69 Å². The fraction of sp³-hybridized carbons (Fsp3) is 0.455. The zero-order chi connectivity index (χ0) is 20.5. The van der Waals surface area contributed by atoms with E-state index in [1.165, 1.54) is 10.6 Å². The second-order valence-electron chi connectivity index (χ2n) is 7.17. The number of nitrogens with one attached hydrogen (secondary N) is 1. The number of halogens is 1. The lowest BCUT2D eigenvalue weighted by Crippen LogP contribution is -3.16. The van der Waals surface area contributed by atoms with Gasteiger partial charge >= 0.3 is 0 Å². The number of aliphatic hydroxyl groups excluding tert-OH is 1. The number of hydrogen-bond donors (Lipinski definition) is 2. The van der Waals surface area contributed by atoms with Crippen molar-refractivity contribution in [1.82, 2.24) is 0 Å². The van der Waals surface area contributed by atoms with Gasteiger partial charge in [0.15, 0.2) is 0 Å². The molecule has 1 heterocycles. The van der Waals surface area contributed by atoms with Gasteiger partial charge in [-0.05, 0) is 48.5 Å². The van der Waals surface area contributed by atoms with Gasteiger partial charge in [-0.15, -0.1) is 0 Å². The SMILES string of the molecule is COc1ccc(N2CC[NH+](C[C@H](O)COCCOc3ccc(Br)cc3)CC2)cc1. The molecule has 3 rings (SSSR count). The molecule has 0 aromatic heterocycles. The molecule has 2 aromatic rings. The molecule has 1 saturated heterocycles. The van der Waals surface area contributed by atoms with E-state index in [1.807, 2.05) is 36.4 Å². The molecule has 0 spiro atoms. The van der Waals surface area contributed by atoms with Crippen molar-refractivity contribution in [3.05, 3.63) is 53.0 Å². The summed E-state index contributed by atoms with van der Waals surface area (Å²) >= 11 is 3.40. The highest BCUT2D eigenvalue weighted by Gasteiger charge is 2.22. The first-order valence-corrected chi connectivity index (χ1v) is 10.8. The maximum absolute atomic E-state index is 10.3. The summed E-state index contributed by atoms with van der Waals surface area (Å²) in [7, 11) is 1.68. The highest BCUT2D eigenvalue weighted by atomic mass is 79.9. The smallest absolute Gasteiger partial charge is 0.126 e. The van der Waals surface area contributed by atoms with Crippen molar-refractivity contribution >= 4 is 21.6 Å². The summed E-state index contributed by atoms with van der Waals surface area (Å²) in [5.74, 6) is 1.69. The molecule has 2 N–H and O–H groups in total. The van der Waals surface area contributed by atoms with Crippen LogP contribution in [0.1, 0.15) is 0 Å². The Morgan fingerprint density at radius 3 is 2.31 bits per heavy atom. The van der Waals surface area contributed by atoms with Crippen molar-refractivity contribution in [2.75, 3.05) is 64.6 Å². The number of benzene rings is 2. The molecule has 29 heavy (non-hydrogen) atoms. The summed E-state index contributed by atoms with van der Waals surface area (Å²) in [6, 6.07) is 15.9. The molecule has 0 bridgehead atoms. The Kier molecular flexibility index (Phi) is 8.61. The number of hydrogen-bond acceptors (Lipinski definition) is 5. The molecule has 0 amide bonds. The number of nitrogens with zero attached hydrogens (tertiary/aromatic N) is 1. The predicted octanol–water partition coefficient (Wildman–Crippen LogP) is 1.62. The van der Waals surface area contributed by atoms with Crippen molar-refractivity contribution in [3.8, 4) is 11.5 Å². The molecule has 1 fully saturated rings. The lowest BCUT2D eigenvalue weighted by molar-refractivity contribution is -0.903. The van der Waals surface area contributed by atoms with E-state index < -0.39 is 6.10 Å². The first kappa shape index (κ1) is 21.9. The van der Waals surface area contributed by atoms with E-state index >= 15 is 0 Å². The quantitative estimate of drug-likeness (QED) is 0.522. The van der Waals surface area contributed by atoms with Gasteiger partial charge in [-0.3, -0.25) is 0 Å². The molecule has 1 aliphatic heterocycles. The van der Waals surface area contributed by atoms with Gasteiger partial charge in [0.2, 0.25) is 0 Å². The van der Waals surface area contributed by atoms with Gasteiger partial charge in [0.25, 0.3) is 0 Å². The standard InChI is InChI=1S/C22H29BrN2O4/c1-27-21-8-4-19(5-9-21)25-12-10-24(11-13-25)16-20(26)17-28-14-15-29-22-6-2-18(23)3-7-22/h2-9,20,26H,10-17H2,1H3/p+1/t20-/m0/s1. The molecular formula is C22H30BrN2O4+. The number of piperazine rings is 1. The Bertz CT molecular complexity index is 719. The summed E-state index contributed by atoms with van der Waals surface area (Å²) in [4.78, 5) is 3.79. The second-order valence-corrected chi connectivity index (χ2v) is 8.09. The maximum Gasteiger partial charge on any atom is 0.126 e. The number of ether oxygens (including phenoxy) is 3. The summed E-state index contributed by atoms with van der Waals surface area (Å²) < 4.78 is 17.4. The van der Waals surface area contributed by atoms with Crippen molar-refractivity contribution in [2.45, 2.75) is 6.10 Å². The summed E-state index contributed by atoms with van der Waals surface area (Å²) in [5.41, 5.74) is 1.22. The van der Waals surface area contributed by atoms with Crippen molar-refractivity contribution < 1.29 is 24.2 Å². The molecule has 0 saturated carbocycles. The molecule has 0 unspecified atom stereocenters. The summed E-state index contributed by atoms with van der Waals surface area (Å²) in [6.07, 6.45) is -0.454. The normalized spacial score (nSPS) is 15.9. The Morgan fingerprint density at radius 1 is 1.00 bits per heavy atom. The third kappa shape index (κ3) is 7.19. The molecule has 0 aliphatic carbocycles. The van der Waals surface area contributed by atoms with Crippen LogP contribution in [0.3, 0.4) is 0 Å². The van der Waals surface area contributed by atoms with Crippen molar-refractivity contribution in [2.24, 2.45) is 0 Å². The minimum Gasteiger partial charge on any atom is -0.497 e. The van der Waals surface area contributed by atoms with E-state index in [0.29, 0.717) is 26.4 Å². The number of anilines is 1. The lowest BCUT2D eigenvalue weighted by Gasteiger charge is -2.34. The topological polar surface area (TPSA) is 55.6 Å². The van der Waals surface area contributed by atoms with Gasteiger partial charge in [0.1, 0.15) is 30.8 Å². The molecule has 2 aromatic carbocycles. The van der Waals surface area contributed by atoms with Crippen LogP contribution in [0, 0.1) is 0 Å². The van der Waals surface area contributed by atoms with Gasteiger partial charge in [0.05, 0.1) is 46.5 Å². The second kappa shape index (κ2) is 11.4. The number of rotatable bonds is 10. The van der Waals surface area contributed by atoms with Crippen molar-refractivity contribution in [3.63, 3.8) is 0 Å². The minimum absolute atomic E-state index is 0.343. The van der Waals surface area contributed by atoms with Gasteiger partial charge in [-0.1, -0.05) is 15.9 Å². The number of quaternary nitrogens is 1. The van der Waals surface area contributed by atoms with Crippen LogP contribution in [0.2, 0.25) is 0 Å². The Hall–Kier alpha value is -1.80. The van der Waals surface area contributed by atoms with Gasteiger partial charge in [-0.25, -0.2) is 0 Å². The predicted molar refractivity (Wildman–Crippen MR) is 117 cm³/mol. The van der Waals surface area contributed by atoms with Crippen molar-refractivity contribution in [1.29, 1.82) is 0 Å². The number of methoxy groups -OCH3 is 1. The van der Waals surface area contributed by atoms with Gasteiger partial charge in [-0.2, -0.15) is 0 Å². The van der Waals surface area contributed by atoms with Crippen LogP contribution >= 0.6 is 15.9 Å². The summed E-state index contributed by atoms with van der Waals surface area (Å²) in [5, 5.41) is 10.3. The van der Waals surface area contributed by atoms with E-state index in [9.17, 15) is 5.11 Å². The summed E-state index contributed by atoms with van der Waals surface area (Å²) in [6.45, 7) is 5.98. The molecular weight excluding hydrogens is 436 g/mol. The third-order valence-corrected chi connectivity index (χ3v) is 5.58. The van der Waals surface area contributed by atoms with Gasteiger partial charge < -0.3 is 29.1 Å². The molecule has 158 valence electrons. The van der Waals surface area contributed by atoms with E-state index in [4.69, 9.17) is 14.2 Å². The van der Waals surface area contributed by atoms with E-state index in [1.54, 1.807) is 7.11 Å². The molecule has 6 nitrogen and oxygen atoms in total. The maximum atomic E-state index is 10.3. The van der Waals surface area contributed by atoms with Crippen LogP contribution in [-0.2, 0) is 4.74 Å². The average Bonchev–Trinajstić information content (AvgIpc) is 2.75. The minimum atomic E-state index is -0.454. The monoisotopic (exact) mass is 465 g/mol. The van der Waals surface area contributed by atoms with E-state index in [2.05, 4.69) is 33.0 Å². The average molecular weight is 466 g/mol. The van der Waals surface area contributed by atoms with E-state index in [0.717, 1.165) is 42.2 Å². The van der Waals surface area contributed by atoms with Crippen LogP contribution in [0.15, 0.2) is 53.0 Å².